The van der Waals surface area contributed by atoms with Crippen molar-refractivity contribution in [3.63, 3.8) is 0 Å². The number of hydrogen-bond acceptors (Lipinski definition) is 16. The molecule has 0 heterocycles. The molecule has 0 fully saturated rings. The molecular formula is C37H44N2O16. The largest absolute Gasteiger partial charge is 0.462 e. The van der Waals surface area contributed by atoms with E-state index in [0.717, 1.165) is 36.5 Å². The standard InChI is InChI=1S/C37H44N2O16/c1-8-28(40)48-17-36(18-49-29(41)9-2,19-50-30(42)10-3)23-54-34(46)38-26-15-14-16-27(25(26)7)39-35(47)55-24-37(20-51-31(43)11-4,21-52-32(44)12-5)22-53-33(45)13-6/h8-16,28,40H,1-6,17-24H2,7H3,(H,38,46)(H,39,47). The Morgan fingerprint density at radius 3 is 1.15 bits per heavy atom. The Morgan fingerprint density at radius 1 is 0.564 bits per heavy atom. The van der Waals surface area contributed by atoms with Gasteiger partial charge in [0.05, 0.1) is 12.0 Å². The minimum atomic E-state index is -1.59. The summed E-state index contributed by atoms with van der Waals surface area (Å²) in [6.45, 7) is 17.2. The van der Waals surface area contributed by atoms with E-state index in [0.29, 0.717) is 5.56 Å². The Labute approximate surface area is 317 Å². The minimum Gasteiger partial charge on any atom is -0.462 e. The monoisotopic (exact) mass is 772 g/mol. The predicted molar refractivity (Wildman–Crippen MR) is 194 cm³/mol. The van der Waals surface area contributed by atoms with Crippen LogP contribution in [0.2, 0.25) is 0 Å². The summed E-state index contributed by atoms with van der Waals surface area (Å²) in [5, 5.41) is 14.9. The number of rotatable bonds is 25. The highest BCUT2D eigenvalue weighted by molar-refractivity contribution is 5.91. The Kier molecular flexibility index (Phi) is 20.2. The second kappa shape index (κ2) is 23.9. The van der Waals surface area contributed by atoms with Crippen LogP contribution in [-0.4, -0.2) is 106 Å². The number of carbonyl (C=O) groups excluding carboxylic acids is 7. The second-order valence-electron chi connectivity index (χ2n) is 11.4. The van der Waals surface area contributed by atoms with Crippen LogP contribution in [0.1, 0.15) is 5.56 Å². The number of nitrogens with one attached hydrogen (secondary N) is 2. The van der Waals surface area contributed by atoms with E-state index in [1.165, 1.54) is 25.1 Å². The first-order valence-electron chi connectivity index (χ1n) is 16.0. The van der Waals surface area contributed by atoms with Crippen LogP contribution in [0.5, 0.6) is 0 Å². The lowest BCUT2D eigenvalue weighted by Gasteiger charge is -2.32. The normalized spacial score (nSPS) is 11.2. The van der Waals surface area contributed by atoms with Crippen LogP contribution in [0.4, 0.5) is 21.0 Å². The van der Waals surface area contributed by atoms with Gasteiger partial charge in [-0.15, -0.1) is 0 Å². The zero-order valence-electron chi connectivity index (χ0n) is 30.2. The number of aliphatic hydroxyl groups is 1. The molecule has 3 N–H and O–H groups in total. The zero-order valence-corrected chi connectivity index (χ0v) is 30.2. The molecule has 0 bridgehead atoms. The number of benzene rings is 1. The maximum Gasteiger partial charge on any atom is 0.411 e. The molecule has 0 saturated carbocycles. The number of anilines is 2. The molecule has 0 aromatic heterocycles. The van der Waals surface area contributed by atoms with E-state index in [2.05, 4.69) is 50.1 Å². The van der Waals surface area contributed by atoms with E-state index in [1.807, 2.05) is 0 Å². The van der Waals surface area contributed by atoms with E-state index < -0.39 is 112 Å². The molecule has 18 nitrogen and oxygen atoms in total. The Balaban J connectivity index is 3.21. The van der Waals surface area contributed by atoms with Crippen LogP contribution in [0.3, 0.4) is 0 Å². The highest BCUT2D eigenvalue weighted by Crippen LogP contribution is 2.27. The second-order valence-corrected chi connectivity index (χ2v) is 11.4. The van der Waals surface area contributed by atoms with Gasteiger partial charge in [0.1, 0.15) is 51.7 Å². The molecule has 55 heavy (non-hydrogen) atoms. The quantitative estimate of drug-likeness (QED) is 0.0425. The lowest BCUT2D eigenvalue weighted by Crippen LogP contribution is -2.44. The summed E-state index contributed by atoms with van der Waals surface area (Å²) in [6.07, 6.45) is 1.86. The van der Waals surface area contributed by atoms with Crippen molar-refractivity contribution < 1.29 is 76.6 Å². The zero-order chi connectivity index (χ0) is 41.4. The van der Waals surface area contributed by atoms with Gasteiger partial charge in [0.25, 0.3) is 0 Å². The van der Waals surface area contributed by atoms with E-state index in [-0.39, 0.29) is 11.4 Å². The molecule has 1 aromatic carbocycles. The van der Waals surface area contributed by atoms with Crippen LogP contribution in [0, 0.1) is 17.8 Å². The third-order valence-corrected chi connectivity index (χ3v) is 7.02. The summed E-state index contributed by atoms with van der Waals surface area (Å²) in [5.74, 6) is -4.29. The van der Waals surface area contributed by atoms with Gasteiger partial charge in [0.15, 0.2) is 6.29 Å². The lowest BCUT2D eigenvalue weighted by molar-refractivity contribution is -0.164. The topological polar surface area (TPSA) is 238 Å². The maximum absolute atomic E-state index is 13.0. The third-order valence-electron chi connectivity index (χ3n) is 7.02. The smallest absolute Gasteiger partial charge is 0.411 e. The van der Waals surface area contributed by atoms with Crippen LogP contribution in [0.15, 0.2) is 94.1 Å². The number of esters is 5. The highest BCUT2D eigenvalue weighted by atomic mass is 16.6. The Morgan fingerprint density at radius 2 is 0.855 bits per heavy atom. The molecule has 1 unspecified atom stereocenters. The molecule has 0 aliphatic carbocycles. The van der Waals surface area contributed by atoms with E-state index in [1.54, 1.807) is 0 Å². The Bertz CT molecular complexity index is 1530. The predicted octanol–water partition coefficient (Wildman–Crippen LogP) is 3.23. The van der Waals surface area contributed by atoms with Gasteiger partial charge in [0, 0.05) is 41.8 Å². The van der Waals surface area contributed by atoms with Gasteiger partial charge in [-0.1, -0.05) is 45.5 Å². The van der Waals surface area contributed by atoms with Crippen molar-refractivity contribution in [2.45, 2.75) is 13.2 Å². The Hall–Kier alpha value is -6.53. The molecule has 1 atom stereocenters. The van der Waals surface area contributed by atoms with Crippen LogP contribution in [-0.2, 0) is 61.9 Å². The lowest BCUT2D eigenvalue weighted by atomic mass is 9.92. The van der Waals surface area contributed by atoms with Crippen molar-refractivity contribution in [2.24, 2.45) is 10.8 Å². The first-order valence-corrected chi connectivity index (χ1v) is 16.0. The van der Waals surface area contributed by atoms with Crippen molar-refractivity contribution in [3.8, 4) is 0 Å². The average Bonchev–Trinajstić information content (AvgIpc) is 3.19. The molecule has 2 amide bonds. The van der Waals surface area contributed by atoms with E-state index in [4.69, 9.17) is 37.9 Å². The van der Waals surface area contributed by atoms with Gasteiger partial charge >= 0.3 is 42.0 Å². The first-order chi connectivity index (χ1) is 26.1. The van der Waals surface area contributed by atoms with Gasteiger partial charge in [-0.3, -0.25) is 10.6 Å². The van der Waals surface area contributed by atoms with Crippen molar-refractivity contribution in [1.29, 1.82) is 0 Å². The summed E-state index contributed by atoms with van der Waals surface area (Å²) >= 11 is 0. The van der Waals surface area contributed by atoms with Crippen molar-refractivity contribution in [1.82, 2.24) is 0 Å². The molecule has 0 spiro atoms. The minimum absolute atomic E-state index is 0.150. The molecule has 1 aromatic rings. The van der Waals surface area contributed by atoms with Gasteiger partial charge < -0.3 is 43.0 Å². The van der Waals surface area contributed by atoms with Gasteiger partial charge in [-0.05, 0) is 30.7 Å². The molecule has 0 saturated heterocycles. The number of hydrogen-bond donors (Lipinski definition) is 3. The molecule has 298 valence electrons. The fourth-order valence-corrected chi connectivity index (χ4v) is 3.88. The maximum atomic E-state index is 13.0. The molecule has 0 radical (unpaired) electrons. The average molecular weight is 773 g/mol. The van der Waals surface area contributed by atoms with Gasteiger partial charge in [-0.2, -0.15) is 0 Å². The SMILES string of the molecule is C=CC(=O)OCC(COC(=O)C=C)(COC(=O)C=C)COC(=O)Nc1cccc(NC(=O)OCC(COC(=O)C=C)(COC(=O)C=C)COC(O)C=C)c1C. The van der Waals surface area contributed by atoms with E-state index in [9.17, 15) is 38.7 Å². The summed E-state index contributed by atoms with van der Waals surface area (Å²) < 4.78 is 41.7. The molecule has 18 heteroatoms. The first kappa shape index (κ1) is 46.5. The number of ether oxygens (including phenoxy) is 8. The highest BCUT2D eigenvalue weighted by Gasteiger charge is 2.39. The fourth-order valence-electron chi connectivity index (χ4n) is 3.88. The van der Waals surface area contributed by atoms with Crippen LogP contribution >= 0.6 is 0 Å². The molecule has 0 aliphatic rings. The number of aliphatic hydroxyl groups excluding tert-OH is 1. The van der Waals surface area contributed by atoms with Crippen LogP contribution < -0.4 is 10.6 Å². The summed E-state index contributed by atoms with van der Waals surface area (Å²) in [5.41, 5.74) is -2.51. The summed E-state index contributed by atoms with van der Waals surface area (Å²) in [6, 6.07) is 4.42. The molecule has 1 rings (SSSR count). The third kappa shape index (κ3) is 17.2. The van der Waals surface area contributed by atoms with Gasteiger partial charge in [-0.25, -0.2) is 33.6 Å². The van der Waals surface area contributed by atoms with Crippen molar-refractivity contribution in [3.05, 3.63) is 99.7 Å². The molecular weight excluding hydrogens is 728 g/mol. The van der Waals surface area contributed by atoms with Crippen molar-refractivity contribution >= 4 is 53.4 Å². The summed E-state index contributed by atoms with van der Waals surface area (Å²) in [4.78, 5) is 85.3. The van der Waals surface area contributed by atoms with Gasteiger partial charge in [0.2, 0.25) is 0 Å². The van der Waals surface area contributed by atoms with Crippen LogP contribution in [0.25, 0.3) is 0 Å². The fraction of sp³-hybridized carbons (Fsp3) is 0.324. The summed E-state index contributed by atoms with van der Waals surface area (Å²) in [7, 11) is 0. The van der Waals surface area contributed by atoms with E-state index >= 15 is 0 Å². The number of amides is 2. The number of carbonyl (C=O) groups is 7. The molecule has 0 aliphatic heterocycles. The van der Waals surface area contributed by atoms with Crippen molar-refractivity contribution in [2.75, 3.05) is 63.5 Å².